The van der Waals surface area contributed by atoms with Crippen molar-refractivity contribution >= 4 is 21.6 Å². The predicted octanol–water partition coefficient (Wildman–Crippen LogP) is 1.52. The second-order valence-corrected chi connectivity index (χ2v) is 5.84. The van der Waals surface area contributed by atoms with Crippen molar-refractivity contribution in [1.82, 2.24) is 4.98 Å². The molecule has 0 aliphatic carbocycles. The van der Waals surface area contributed by atoms with E-state index < -0.39 is 15.3 Å². The molecule has 1 aromatic heterocycles. The number of nitrogens with two attached hydrogens (primary N) is 1. The third-order valence-corrected chi connectivity index (χ3v) is 4.11. The number of hydrogen-bond donors (Lipinski definition) is 1. The van der Waals surface area contributed by atoms with Crippen LogP contribution in [0.25, 0.3) is 0 Å². The Morgan fingerprint density at radius 2 is 2.00 bits per heavy atom. The van der Waals surface area contributed by atoms with Crippen molar-refractivity contribution in [2.75, 3.05) is 0 Å². The van der Waals surface area contributed by atoms with E-state index in [2.05, 4.69) is 4.98 Å². The Labute approximate surface area is 94.5 Å². The first kappa shape index (κ1) is 12.4. The summed E-state index contributed by atoms with van der Waals surface area (Å²) in [5.41, 5.74) is 0.668. The second-order valence-electron chi connectivity index (χ2n) is 3.48. The predicted molar refractivity (Wildman–Crippen MR) is 60.2 cm³/mol. The van der Waals surface area contributed by atoms with Gasteiger partial charge in [0.2, 0.25) is 10.0 Å². The normalized spacial score (nSPS) is 16.0. The summed E-state index contributed by atoms with van der Waals surface area (Å²) in [7, 11) is -3.53. The van der Waals surface area contributed by atoms with Gasteiger partial charge in [0.1, 0.15) is 0 Å². The van der Waals surface area contributed by atoms with Crippen molar-refractivity contribution in [2.45, 2.75) is 25.0 Å². The first-order valence-corrected chi connectivity index (χ1v) is 6.44. The Balaban J connectivity index is 2.95. The van der Waals surface area contributed by atoms with Gasteiger partial charge in [0.05, 0.1) is 10.3 Å². The van der Waals surface area contributed by atoms with E-state index >= 15 is 0 Å². The summed E-state index contributed by atoms with van der Waals surface area (Å²) in [4.78, 5) is 4.06. The van der Waals surface area contributed by atoms with Gasteiger partial charge < -0.3 is 0 Å². The summed E-state index contributed by atoms with van der Waals surface area (Å²) in [5.74, 6) is -0.253. The quantitative estimate of drug-likeness (QED) is 0.881. The minimum absolute atomic E-state index is 0.253. The summed E-state index contributed by atoms with van der Waals surface area (Å²) in [5, 5.41) is 4.93. The van der Waals surface area contributed by atoms with Gasteiger partial charge in [0.25, 0.3) is 0 Å². The minimum atomic E-state index is -3.53. The van der Waals surface area contributed by atoms with E-state index in [4.69, 9.17) is 16.7 Å². The smallest absolute Gasteiger partial charge is 0.212 e. The molecule has 0 radical (unpaired) electrons. The first-order valence-electron chi connectivity index (χ1n) is 4.45. The highest BCUT2D eigenvalue weighted by atomic mass is 35.5. The summed E-state index contributed by atoms with van der Waals surface area (Å²) in [6, 6.07) is 3.38. The fourth-order valence-electron chi connectivity index (χ4n) is 1.18. The molecule has 0 aromatic carbocycles. The summed E-state index contributed by atoms with van der Waals surface area (Å²) in [6.07, 6.45) is 1.49. The van der Waals surface area contributed by atoms with Crippen molar-refractivity contribution in [3.05, 3.63) is 29.0 Å². The number of pyridine rings is 1. The molecule has 1 rings (SSSR count). The number of aromatic nitrogens is 1. The average Bonchev–Trinajstić information content (AvgIpc) is 2.15. The Morgan fingerprint density at radius 3 is 2.40 bits per heavy atom. The van der Waals surface area contributed by atoms with Crippen LogP contribution in [-0.4, -0.2) is 18.7 Å². The summed E-state index contributed by atoms with van der Waals surface area (Å²) in [6.45, 7) is 3.33. The first-order chi connectivity index (χ1) is 6.82. The van der Waals surface area contributed by atoms with Crippen LogP contribution >= 0.6 is 11.6 Å². The second kappa shape index (κ2) is 4.47. The summed E-state index contributed by atoms with van der Waals surface area (Å²) < 4.78 is 22.3. The lowest BCUT2D eigenvalue weighted by Crippen LogP contribution is -2.30. The maximum atomic E-state index is 11.1. The van der Waals surface area contributed by atoms with E-state index in [0.717, 1.165) is 0 Å². The lowest BCUT2D eigenvalue weighted by atomic mass is 10.0. The van der Waals surface area contributed by atoms with Crippen LogP contribution in [0.2, 0.25) is 5.02 Å². The largest absolute Gasteiger partial charge is 0.259 e. The van der Waals surface area contributed by atoms with Gasteiger partial charge in [-0.15, -0.1) is 0 Å². The van der Waals surface area contributed by atoms with Gasteiger partial charge in [-0.3, -0.25) is 4.98 Å². The third kappa shape index (κ3) is 3.15. The lowest BCUT2D eigenvalue weighted by molar-refractivity contribution is 0.568. The van der Waals surface area contributed by atoms with E-state index in [1.807, 2.05) is 0 Å². The van der Waals surface area contributed by atoms with Crippen molar-refractivity contribution < 1.29 is 8.42 Å². The van der Waals surface area contributed by atoms with Crippen molar-refractivity contribution in [3.63, 3.8) is 0 Å². The van der Waals surface area contributed by atoms with Crippen LogP contribution in [0.3, 0.4) is 0 Å². The molecular formula is C9H13ClN2O2S. The van der Waals surface area contributed by atoms with Crippen molar-refractivity contribution in [1.29, 1.82) is 0 Å². The molecule has 2 unspecified atom stereocenters. The Kier molecular flexibility index (Phi) is 3.70. The van der Waals surface area contributed by atoms with Crippen LogP contribution < -0.4 is 5.14 Å². The number of hydrogen-bond acceptors (Lipinski definition) is 3. The monoisotopic (exact) mass is 248 g/mol. The van der Waals surface area contributed by atoms with Gasteiger partial charge in [-0.1, -0.05) is 18.5 Å². The number of halogens is 1. The zero-order valence-corrected chi connectivity index (χ0v) is 10.1. The molecule has 0 saturated carbocycles. The van der Waals surface area contributed by atoms with Crippen LogP contribution in [0.4, 0.5) is 0 Å². The minimum Gasteiger partial charge on any atom is -0.259 e. The fraction of sp³-hybridized carbons (Fsp3) is 0.444. The molecule has 1 heterocycles. The molecule has 0 spiro atoms. The third-order valence-electron chi connectivity index (χ3n) is 2.44. The molecule has 1 aromatic rings. The Morgan fingerprint density at radius 1 is 1.40 bits per heavy atom. The van der Waals surface area contributed by atoms with Gasteiger partial charge >= 0.3 is 0 Å². The molecular weight excluding hydrogens is 236 g/mol. The number of nitrogens with zero attached hydrogens (tertiary/aromatic N) is 1. The van der Waals surface area contributed by atoms with E-state index in [9.17, 15) is 8.42 Å². The van der Waals surface area contributed by atoms with Crippen molar-refractivity contribution in [3.8, 4) is 0 Å². The molecule has 0 fully saturated rings. The average molecular weight is 249 g/mol. The molecule has 2 atom stereocenters. The number of primary sulfonamides is 1. The molecule has 0 amide bonds. The zero-order valence-electron chi connectivity index (χ0n) is 8.51. The molecule has 6 heteroatoms. The van der Waals surface area contributed by atoms with Crippen LogP contribution in [0.15, 0.2) is 18.3 Å². The molecule has 15 heavy (non-hydrogen) atoms. The maximum Gasteiger partial charge on any atom is 0.212 e. The number of rotatable bonds is 3. The molecule has 0 saturated heterocycles. The molecule has 0 aliphatic rings. The Hall–Kier alpha value is -0.650. The van der Waals surface area contributed by atoms with Gasteiger partial charge in [0.15, 0.2) is 0 Å². The molecule has 2 N–H and O–H groups in total. The van der Waals surface area contributed by atoms with Gasteiger partial charge in [0, 0.05) is 17.8 Å². The van der Waals surface area contributed by atoms with Gasteiger partial charge in [-0.05, 0) is 19.1 Å². The van der Waals surface area contributed by atoms with Crippen LogP contribution in [0.1, 0.15) is 25.5 Å². The molecule has 84 valence electrons. The van der Waals surface area contributed by atoms with E-state index in [0.29, 0.717) is 10.7 Å². The highest BCUT2D eigenvalue weighted by Crippen LogP contribution is 2.21. The molecule has 0 bridgehead atoms. The highest BCUT2D eigenvalue weighted by molar-refractivity contribution is 7.89. The van der Waals surface area contributed by atoms with Crippen molar-refractivity contribution in [2.24, 2.45) is 5.14 Å². The standard InChI is InChI=1S/C9H13ClN2O2S/c1-6(7(2)15(11,13)14)9-4-3-8(10)5-12-9/h3-7H,1-2H3,(H2,11,13,14). The SMILES string of the molecule is CC(c1ccc(Cl)cn1)C(C)S(N)(=O)=O. The molecule has 4 nitrogen and oxygen atoms in total. The van der Waals surface area contributed by atoms with Gasteiger partial charge in [-0.25, -0.2) is 13.6 Å². The maximum absolute atomic E-state index is 11.1. The van der Waals surface area contributed by atoms with Crippen LogP contribution in [0, 0.1) is 0 Å². The van der Waals surface area contributed by atoms with Gasteiger partial charge in [-0.2, -0.15) is 0 Å². The Bertz CT molecular complexity index is 430. The summed E-state index contributed by atoms with van der Waals surface area (Å²) >= 11 is 5.68. The topological polar surface area (TPSA) is 73.0 Å². The lowest BCUT2D eigenvalue weighted by Gasteiger charge is -2.17. The van der Waals surface area contributed by atoms with E-state index in [-0.39, 0.29) is 5.92 Å². The van der Waals surface area contributed by atoms with Crippen LogP contribution in [0.5, 0.6) is 0 Å². The highest BCUT2D eigenvalue weighted by Gasteiger charge is 2.24. The van der Waals surface area contributed by atoms with Crippen LogP contribution in [-0.2, 0) is 10.0 Å². The molecule has 0 aliphatic heterocycles. The fourth-order valence-corrected chi connectivity index (χ4v) is 2.00. The zero-order chi connectivity index (χ0) is 11.6. The van der Waals surface area contributed by atoms with E-state index in [1.165, 1.54) is 6.20 Å². The van der Waals surface area contributed by atoms with E-state index in [1.54, 1.807) is 26.0 Å². The number of sulfonamides is 1.